The van der Waals surface area contributed by atoms with E-state index in [0.29, 0.717) is 0 Å². The van der Waals surface area contributed by atoms with Crippen LogP contribution in [0.3, 0.4) is 0 Å². The molecule has 60 heavy (non-hydrogen) atoms. The highest BCUT2D eigenvalue weighted by Crippen LogP contribution is 2.62. The third-order valence-electron chi connectivity index (χ3n) is 13.4. The predicted octanol–water partition coefficient (Wildman–Crippen LogP) is 15.3. The first-order valence-corrected chi connectivity index (χ1v) is 20.9. The Kier molecular flexibility index (Phi) is 7.52. The predicted molar refractivity (Wildman–Crippen MR) is 247 cm³/mol. The first kappa shape index (κ1) is 34.6. The molecule has 0 saturated carbocycles. The Balaban J connectivity index is 0.996. The zero-order chi connectivity index (χ0) is 40.0. The third kappa shape index (κ3) is 4.94. The van der Waals surface area contributed by atoms with Crippen LogP contribution in [-0.2, 0) is 10.8 Å². The minimum Gasteiger partial charge on any atom is -0.457 e. The highest BCUT2D eigenvalue weighted by atomic mass is 16.5. The summed E-state index contributed by atoms with van der Waals surface area (Å²) in [5, 5.41) is 0. The van der Waals surface area contributed by atoms with Gasteiger partial charge in [-0.15, -0.1) is 0 Å². The second kappa shape index (κ2) is 13.0. The number of rotatable bonds is 5. The number of hydrogen-bond acceptors (Lipinski definition) is 2. The molecule has 1 aliphatic heterocycles. The SMILES string of the molecule is CC1(C)c2ccccc2-c2ccc(-c3ccc(N(c4ccc(-c5ccccc5)cc4)c4ccc5c(c4)Oc4ccccc4C54c5ccccc5-c5ccccc54)cc3)cc21. The molecule has 0 fully saturated rings. The molecular weight excluding hydrogens is 727 g/mol. The summed E-state index contributed by atoms with van der Waals surface area (Å²) >= 11 is 0. The van der Waals surface area contributed by atoms with Crippen molar-refractivity contribution in [2.24, 2.45) is 0 Å². The van der Waals surface area contributed by atoms with Crippen molar-refractivity contribution in [3.8, 4) is 56.0 Å². The lowest BCUT2D eigenvalue weighted by Crippen LogP contribution is -2.32. The molecule has 9 aromatic rings. The third-order valence-corrected chi connectivity index (χ3v) is 13.4. The summed E-state index contributed by atoms with van der Waals surface area (Å²) in [5.41, 5.74) is 20.3. The van der Waals surface area contributed by atoms with Crippen LogP contribution in [0.25, 0.3) is 44.5 Å². The molecular formula is C58H41NO. The fraction of sp³-hybridized carbons (Fsp3) is 0.0690. The van der Waals surface area contributed by atoms with Crippen molar-refractivity contribution in [1.82, 2.24) is 0 Å². The number of fused-ring (bicyclic) bond motifs is 12. The van der Waals surface area contributed by atoms with Gasteiger partial charge in [-0.2, -0.15) is 0 Å². The van der Waals surface area contributed by atoms with Gasteiger partial charge in [-0.3, -0.25) is 0 Å². The first-order chi connectivity index (χ1) is 29.5. The molecule has 12 rings (SSSR count). The first-order valence-electron chi connectivity index (χ1n) is 20.9. The van der Waals surface area contributed by atoms with Gasteiger partial charge in [0.05, 0.1) is 5.41 Å². The minimum absolute atomic E-state index is 0.0547. The van der Waals surface area contributed by atoms with Crippen LogP contribution in [0.4, 0.5) is 17.1 Å². The van der Waals surface area contributed by atoms with E-state index < -0.39 is 5.41 Å². The Bertz CT molecular complexity index is 3090. The fourth-order valence-electron chi connectivity index (χ4n) is 10.6. The van der Waals surface area contributed by atoms with E-state index in [0.717, 1.165) is 34.1 Å². The molecule has 0 saturated heterocycles. The highest BCUT2D eigenvalue weighted by Gasteiger charge is 2.51. The summed E-state index contributed by atoms with van der Waals surface area (Å²) in [5.74, 6) is 1.75. The lowest BCUT2D eigenvalue weighted by atomic mass is 9.66. The lowest BCUT2D eigenvalue weighted by Gasteiger charge is -2.40. The van der Waals surface area contributed by atoms with Crippen molar-refractivity contribution in [2.45, 2.75) is 24.7 Å². The number of nitrogens with zero attached hydrogens (tertiary/aromatic N) is 1. The Morgan fingerprint density at radius 3 is 1.42 bits per heavy atom. The Morgan fingerprint density at radius 1 is 0.317 bits per heavy atom. The molecule has 2 heteroatoms. The van der Waals surface area contributed by atoms with Gasteiger partial charge >= 0.3 is 0 Å². The molecule has 9 aromatic carbocycles. The lowest BCUT2D eigenvalue weighted by molar-refractivity contribution is 0.436. The van der Waals surface area contributed by atoms with Gasteiger partial charge in [-0.1, -0.05) is 178 Å². The van der Waals surface area contributed by atoms with Gasteiger partial charge in [0.2, 0.25) is 0 Å². The van der Waals surface area contributed by atoms with Crippen molar-refractivity contribution in [3.63, 3.8) is 0 Å². The van der Waals surface area contributed by atoms with Crippen LogP contribution in [0.5, 0.6) is 11.5 Å². The van der Waals surface area contributed by atoms with Crippen molar-refractivity contribution >= 4 is 17.1 Å². The molecule has 1 spiro atoms. The summed E-state index contributed by atoms with van der Waals surface area (Å²) in [7, 11) is 0. The summed E-state index contributed by atoms with van der Waals surface area (Å²) in [6, 6.07) is 77.6. The zero-order valence-corrected chi connectivity index (χ0v) is 33.6. The zero-order valence-electron chi connectivity index (χ0n) is 33.6. The van der Waals surface area contributed by atoms with Crippen LogP contribution in [0.1, 0.15) is 47.2 Å². The van der Waals surface area contributed by atoms with Crippen LogP contribution in [0.15, 0.2) is 212 Å². The largest absolute Gasteiger partial charge is 0.457 e. The molecule has 0 N–H and O–H groups in total. The minimum atomic E-state index is -0.508. The van der Waals surface area contributed by atoms with Gasteiger partial charge in [0.25, 0.3) is 0 Å². The Hall–Kier alpha value is -7.42. The molecule has 1 heterocycles. The fourth-order valence-corrected chi connectivity index (χ4v) is 10.6. The van der Waals surface area contributed by atoms with E-state index in [-0.39, 0.29) is 5.41 Å². The molecule has 284 valence electrons. The normalized spacial score (nSPS) is 14.2. The number of anilines is 3. The van der Waals surface area contributed by atoms with E-state index in [1.165, 1.54) is 72.3 Å². The van der Waals surface area contributed by atoms with Crippen molar-refractivity contribution < 1.29 is 4.74 Å². The van der Waals surface area contributed by atoms with Crippen LogP contribution in [-0.4, -0.2) is 0 Å². The van der Waals surface area contributed by atoms with E-state index in [1.54, 1.807) is 0 Å². The molecule has 0 aromatic heterocycles. The van der Waals surface area contributed by atoms with Crippen LogP contribution in [0.2, 0.25) is 0 Å². The second-order valence-electron chi connectivity index (χ2n) is 16.8. The van der Waals surface area contributed by atoms with E-state index >= 15 is 0 Å². The van der Waals surface area contributed by atoms with Gasteiger partial charge in [-0.05, 0) is 109 Å². The number of hydrogen-bond donors (Lipinski definition) is 0. The summed E-state index contributed by atoms with van der Waals surface area (Å²) in [4.78, 5) is 2.36. The second-order valence-corrected chi connectivity index (χ2v) is 16.8. The summed E-state index contributed by atoms with van der Waals surface area (Å²) in [6.45, 7) is 4.69. The van der Waals surface area contributed by atoms with Gasteiger partial charge in [0, 0.05) is 39.7 Å². The van der Waals surface area contributed by atoms with Gasteiger partial charge in [0.1, 0.15) is 11.5 Å². The maximum atomic E-state index is 6.96. The molecule has 3 aliphatic rings. The topological polar surface area (TPSA) is 12.5 Å². The van der Waals surface area contributed by atoms with Gasteiger partial charge < -0.3 is 9.64 Å². The van der Waals surface area contributed by atoms with Gasteiger partial charge in [0.15, 0.2) is 0 Å². The monoisotopic (exact) mass is 767 g/mol. The molecule has 0 radical (unpaired) electrons. The van der Waals surface area contributed by atoms with E-state index in [1.807, 2.05) is 0 Å². The van der Waals surface area contributed by atoms with Gasteiger partial charge in [-0.25, -0.2) is 0 Å². The van der Waals surface area contributed by atoms with Crippen LogP contribution in [0, 0.1) is 0 Å². The number of ether oxygens (including phenoxy) is 1. The van der Waals surface area contributed by atoms with Crippen LogP contribution < -0.4 is 9.64 Å². The molecule has 2 nitrogen and oxygen atoms in total. The van der Waals surface area contributed by atoms with E-state index in [4.69, 9.17) is 4.74 Å². The van der Waals surface area contributed by atoms with Crippen molar-refractivity contribution in [2.75, 3.05) is 4.90 Å². The summed E-state index contributed by atoms with van der Waals surface area (Å²) in [6.07, 6.45) is 0. The molecule has 0 atom stereocenters. The van der Waals surface area contributed by atoms with E-state index in [2.05, 4.69) is 231 Å². The molecule has 2 aliphatic carbocycles. The smallest absolute Gasteiger partial charge is 0.134 e. The van der Waals surface area contributed by atoms with Crippen molar-refractivity contribution in [1.29, 1.82) is 0 Å². The molecule has 0 bridgehead atoms. The number of benzene rings is 9. The van der Waals surface area contributed by atoms with E-state index in [9.17, 15) is 0 Å². The van der Waals surface area contributed by atoms with Crippen molar-refractivity contribution in [3.05, 3.63) is 246 Å². The molecule has 0 unspecified atom stereocenters. The van der Waals surface area contributed by atoms with Crippen LogP contribution >= 0.6 is 0 Å². The summed E-state index contributed by atoms with van der Waals surface area (Å²) < 4.78 is 6.96. The number of para-hydroxylation sites is 1. The average molecular weight is 768 g/mol. The molecule has 0 amide bonds. The quantitative estimate of drug-likeness (QED) is 0.173. The Labute approximate surface area is 351 Å². The Morgan fingerprint density at radius 2 is 0.767 bits per heavy atom. The maximum Gasteiger partial charge on any atom is 0.134 e. The maximum absolute atomic E-state index is 6.96. The highest BCUT2D eigenvalue weighted by molar-refractivity contribution is 5.90. The standard InChI is InChI=1S/C58H41NO/c1-57(2)49-19-9-6-16-45(49)48-34-28-41(36-54(48)57)40-26-31-43(32-27-40)59(42-29-24-39(25-30-42)38-14-4-3-5-15-38)44-33-35-53-56(37-44)60-55-23-13-12-22-52(55)58(53)50-20-10-7-17-46(50)47-18-8-11-21-51(47)58/h3-37H,1-2H3. The average Bonchev–Trinajstić information content (AvgIpc) is 3.72.